The van der Waals surface area contributed by atoms with E-state index in [1.807, 2.05) is 6.07 Å². The lowest BCUT2D eigenvalue weighted by molar-refractivity contribution is 0.0694. The second-order valence-corrected chi connectivity index (χ2v) is 7.01. The van der Waals surface area contributed by atoms with Crippen molar-refractivity contribution in [2.45, 2.75) is 25.7 Å². The Morgan fingerprint density at radius 1 is 1.32 bits per heavy atom. The molecule has 2 rings (SSSR count). The van der Waals surface area contributed by atoms with E-state index in [1.54, 1.807) is 0 Å². The van der Waals surface area contributed by atoms with Crippen molar-refractivity contribution in [1.29, 1.82) is 5.26 Å². The van der Waals surface area contributed by atoms with Crippen LogP contribution >= 0.6 is 0 Å². The highest BCUT2D eigenvalue weighted by molar-refractivity contribution is 7.86. The quantitative estimate of drug-likeness (QED) is 0.716. The fraction of sp³-hybridized carbons (Fsp3) is 0.917. The fourth-order valence-electron chi connectivity index (χ4n) is 2.38. The molecule has 0 N–H and O–H groups in total. The van der Waals surface area contributed by atoms with Crippen LogP contribution in [0, 0.1) is 17.2 Å². The van der Waals surface area contributed by atoms with E-state index < -0.39 is 10.2 Å². The van der Waals surface area contributed by atoms with E-state index in [9.17, 15) is 8.42 Å². The van der Waals surface area contributed by atoms with E-state index >= 15 is 0 Å². The normalized spacial score (nSPS) is 22.1. The number of hydrogen-bond donors (Lipinski definition) is 0. The number of nitrogens with zero attached hydrogens (tertiary/aromatic N) is 3. The summed E-state index contributed by atoms with van der Waals surface area (Å²) in [5.74, 6) is 0.467. The van der Waals surface area contributed by atoms with Gasteiger partial charge in [0, 0.05) is 32.6 Å². The standard InChI is InChI=1S/C12H21N3O3S/c13-5-2-6-15(11-12-3-1-4-12)19(16,17)14-7-9-18-10-8-14/h12H,1-4,6-11H2. The average molecular weight is 287 g/mol. The molecule has 19 heavy (non-hydrogen) atoms. The van der Waals surface area contributed by atoms with Gasteiger partial charge in [-0.3, -0.25) is 0 Å². The first kappa shape index (κ1) is 14.7. The summed E-state index contributed by atoms with van der Waals surface area (Å²) in [5.41, 5.74) is 0. The topological polar surface area (TPSA) is 73.6 Å². The lowest BCUT2D eigenvalue weighted by atomic mass is 9.85. The minimum atomic E-state index is -3.43. The van der Waals surface area contributed by atoms with Crippen molar-refractivity contribution in [2.24, 2.45) is 5.92 Å². The van der Waals surface area contributed by atoms with Gasteiger partial charge >= 0.3 is 0 Å². The SMILES string of the molecule is N#CCCN(CC1CCC1)S(=O)(=O)N1CCOCC1. The van der Waals surface area contributed by atoms with Crippen LogP contribution in [0.4, 0.5) is 0 Å². The molecule has 0 aromatic carbocycles. The van der Waals surface area contributed by atoms with Gasteiger partial charge in [0.15, 0.2) is 0 Å². The molecule has 2 aliphatic rings. The van der Waals surface area contributed by atoms with Gasteiger partial charge in [-0.2, -0.15) is 22.3 Å². The van der Waals surface area contributed by atoms with Gasteiger partial charge in [-0.15, -0.1) is 0 Å². The Balaban J connectivity index is 2.03. The third-order valence-electron chi connectivity index (χ3n) is 3.78. The Kier molecular flexibility index (Phi) is 5.16. The van der Waals surface area contributed by atoms with Crippen LogP contribution in [0.15, 0.2) is 0 Å². The van der Waals surface area contributed by atoms with Crippen LogP contribution in [0.2, 0.25) is 0 Å². The minimum absolute atomic E-state index is 0.246. The molecule has 0 aromatic heterocycles. The van der Waals surface area contributed by atoms with E-state index in [0.29, 0.717) is 45.3 Å². The Bertz CT molecular complexity index is 422. The average Bonchev–Trinajstić information content (AvgIpc) is 2.37. The summed E-state index contributed by atoms with van der Waals surface area (Å²) in [6.45, 7) is 2.59. The predicted molar refractivity (Wildman–Crippen MR) is 70.5 cm³/mol. The first-order valence-electron chi connectivity index (χ1n) is 6.84. The second-order valence-electron chi connectivity index (χ2n) is 5.08. The molecule has 0 spiro atoms. The number of morpholine rings is 1. The second kappa shape index (κ2) is 6.66. The number of hydrogen-bond acceptors (Lipinski definition) is 4. The van der Waals surface area contributed by atoms with Crippen LogP contribution in [0.1, 0.15) is 25.7 Å². The zero-order valence-corrected chi connectivity index (χ0v) is 11.9. The highest BCUT2D eigenvalue weighted by Gasteiger charge is 2.33. The number of nitriles is 1. The van der Waals surface area contributed by atoms with Crippen molar-refractivity contribution in [1.82, 2.24) is 8.61 Å². The first-order valence-corrected chi connectivity index (χ1v) is 8.24. The maximum Gasteiger partial charge on any atom is 0.282 e. The third kappa shape index (κ3) is 3.66. The maximum absolute atomic E-state index is 12.6. The zero-order valence-electron chi connectivity index (χ0n) is 11.1. The maximum atomic E-state index is 12.6. The molecule has 1 saturated heterocycles. The van der Waals surface area contributed by atoms with Crippen molar-refractivity contribution in [3.05, 3.63) is 0 Å². The van der Waals surface area contributed by atoms with Crippen LogP contribution in [0.3, 0.4) is 0 Å². The summed E-state index contributed by atoms with van der Waals surface area (Å²) >= 11 is 0. The molecule has 1 aliphatic heterocycles. The molecule has 108 valence electrons. The molecule has 2 fully saturated rings. The Hall–Kier alpha value is -0.680. The van der Waals surface area contributed by atoms with E-state index in [2.05, 4.69) is 0 Å². The summed E-state index contributed by atoms with van der Waals surface area (Å²) in [4.78, 5) is 0. The van der Waals surface area contributed by atoms with E-state index in [-0.39, 0.29) is 6.42 Å². The summed E-state index contributed by atoms with van der Waals surface area (Å²) in [6.07, 6.45) is 3.63. The Labute approximate surface area is 115 Å². The van der Waals surface area contributed by atoms with E-state index in [4.69, 9.17) is 10.00 Å². The molecule has 1 aliphatic carbocycles. The van der Waals surface area contributed by atoms with Gasteiger partial charge in [-0.05, 0) is 18.8 Å². The van der Waals surface area contributed by atoms with Gasteiger partial charge in [0.05, 0.1) is 19.3 Å². The number of ether oxygens (including phenoxy) is 1. The molecular formula is C12H21N3O3S. The van der Waals surface area contributed by atoms with Crippen molar-refractivity contribution in [3.63, 3.8) is 0 Å². The minimum Gasteiger partial charge on any atom is -0.379 e. The highest BCUT2D eigenvalue weighted by Crippen LogP contribution is 2.28. The van der Waals surface area contributed by atoms with Crippen molar-refractivity contribution >= 4 is 10.2 Å². The van der Waals surface area contributed by atoms with Gasteiger partial charge in [-0.1, -0.05) is 6.42 Å². The van der Waals surface area contributed by atoms with Crippen LogP contribution in [0.5, 0.6) is 0 Å². The van der Waals surface area contributed by atoms with E-state index in [0.717, 1.165) is 12.8 Å². The molecule has 0 unspecified atom stereocenters. The van der Waals surface area contributed by atoms with Gasteiger partial charge in [0.1, 0.15) is 0 Å². The fourth-order valence-corrected chi connectivity index (χ4v) is 4.04. The Morgan fingerprint density at radius 3 is 2.53 bits per heavy atom. The van der Waals surface area contributed by atoms with Crippen LogP contribution in [-0.2, 0) is 14.9 Å². The van der Waals surface area contributed by atoms with Gasteiger partial charge < -0.3 is 4.74 Å². The molecule has 1 saturated carbocycles. The Morgan fingerprint density at radius 2 is 2.00 bits per heavy atom. The summed E-state index contributed by atoms with van der Waals surface area (Å²) in [7, 11) is -3.43. The summed E-state index contributed by atoms with van der Waals surface area (Å²) in [6, 6.07) is 2.03. The lowest BCUT2D eigenvalue weighted by Gasteiger charge is -2.35. The predicted octanol–water partition coefficient (Wildman–Crippen LogP) is 0.579. The van der Waals surface area contributed by atoms with Crippen LogP contribution < -0.4 is 0 Å². The van der Waals surface area contributed by atoms with Gasteiger partial charge in [-0.25, -0.2) is 0 Å². The lowest BCUT2D eigenvalue weighted by Crippen LogP contribution is -2.50. The molecule has 0 radical (unpaired) electrons. The van der Waals surface area contributed by atoms with Crippen LogP contribution in [0.25, 0.3) is 0 Å². The van der Waals surface area contributed by atoms with Crippen LogP contribution in [-0.4, -0.2) is 56.4 Å². The molecular weight excluding hydrogens is 266 g/mol. The summed E-state index contributed by atoms with van der Waals surface area (Å²) in [5, 5.41) is 8.69. The number of rotatable bonds is 6. The third-order valence-corrected chi connectivity index (χ3v) is 5.78. The smallest absolute Gasteiger partial charge is 0.282 e. The molecule has 0 bridgehead atoms. The van der Waals surface area contributed by atoms with Gasteiger partial charge in [0.2, 0.25) is 0 Å². The largest absolute Gasteiger partial charge is 0.379 e. The highest BCUT2D eigenvalue weighted by atomic mass is 32.2. The van der Waals surface area contributed by atoms with E-state index in [1.165, 1.54) is 15.0 Å². The molecule has 0 aromatic rings. The zero-order chi connectivity index (χ0) is 13.7. The van der Waals surface area contributed by atoms with Crippen molar-refractivity contribution in [2.75, 3.05) is 39.4 Å². The molecule has 7 heteroatoms. The summed E-state index contributed by atoms with van der Waals surface area (Å²) < 4.78 is 33.3. The van der Waals surface area contributed by atoms with Crippen molar-refractivity contribution < 1.29 is 13.2 Å². The van der Waals surface area contributed by atoms with Crippen molar-refractivity contribution in [3.8, 4) is 6.07 Å². The molecule has 0 atom stereocenters. The molecule has 6 nitrogen and oxygen atoms in total. The molecule has 0 amide bonds. The first-order chi connectivity index (χ1) is 9.14. The van der Waals surface area contributed by atoms with Gasteiger partial charge in [0.25, 0.3) is 10.2 Å². The molecule has 1 heterocycles. The monoisotopic (exact) mass is 287 g/mol.